The number of rotatable bonds is 6. The topological polar surface area (TPSA) is 94.2 Å². The maximum atomic E-state index is 12.7. The maximum Gasteiger partial charge on any atom is 0.236 e. The van der Waals surface area contributed by atoms with Crippen LogP contribution in [0.5, 0.6) is 17.2 Å². The first-order valence-corrected chi connectivity index (χ1v) is 11.0. The summed E-state index contributed by atoms with van der Waals surface area (Å²) in [6.45, 7) is 3.82. The van der Waals surface area contributed by atoms with E-state index in [1.54, 1.807) is 43.4 Å². The molecule has 1 amide bonds. The summed E-state index contributed by atoms with van der Waals surface area (Å²) in [6.07, 6.45) is 0. The fourth-order valence-electron chi connectivity index (χ4n) is 3.24. The van der Waals surface area contributed by atoms with Gasteiger partial charge in [0, 0.05) is 19.2 Å². The summed E-state index contributed by atoms with van der Waals surface area (Å²) in [6, 6.07) is 9.82. The van der Waals surface area contributed by atoms with Gasteiger partial charge >= 0.3 is 0 Å². The van der Waals surface area contributed by atoms with E-state index in [9.17, 15) is 13.2 Å². The Kier molecular flexibility index (Phi) is 5.85. The molecule has 9 heteroatoms. The van der Waals surface area contributed by atoms with Crippen LogP contribution in [0.15, 0.2) is 36.4 Å². The van der Waals surface area contributed by atoms with Crippen LogP contribution in [0.1, 0.15) is 19.4 Å². The van der Waals surface area contributed by atoms with Crippen molar-refractivity contribution in [3.63, 3.8) is 0 Å². The van der Waals surface area contributed by atoms with E-state index in [4.69, 9.17) is 14.2 Å². The average molecular weight is 435 g/mol. The standard InChI is InChI=1S/C21H26N2O6S/c1-21(2)13-29-19-10-15(6-7-18(19)23(3)20(21)24)22-30(25,26)12-14-8-16(27-4)11-17(9-14)28-5/h6-11,22H,12-13H2,1-5H3. The van der Waals surface area contributed by atoms with Crippen LogP contribution >= 0.6 is 0 Å². The monoisotopic (exact) mass is 434 g/mol. The number of sulfonamides is 1. The second kappa shape index (κ2) is 8.06. The molecule has 1 aliphatic heterocycles. The van der Waals surface area contributed by atoms with Crippen molar-refractivity contribution in [1.82, 2.24) is 0 Å². The van der Waals surface area contributed by atoms with Gasteiger partial charge in [-0.05, 0) is 43.7 Å². The first-order chi connectivity index (χ1) is 14.0. The molecule has 2 aromatic carbocycles. The number of carbonyl (C=O) groups is 1. The third-order valence-corrected chi connectivity index (χ3v) is 6.09. The predicted molar refractivity (Wildman–Crippen MR) is 115 cm³/mol. The van der Waals surface area contributed by atoms with E-state index in [1.165, 1.54) is 19.1 Å². The minimum absolute atomic E-state index is 0.0680. The van der Waals surface area contributed by atoms with E-state index < -0.39 is 15.4 Å². The molecular formula is C21H26N2O6S. The lowest BCUT2D eigenvalue weighted by atomic mass is 9.93. The zero-order chi connectivity index (χ0) is 22.1. The molecule has 0 unspecified atom stereocenters. The van der Waals surface area contributed by atoms with E-state index >= 15 is 0 Å². The van der Waals surface area contributed by atoms with Crippen LogP contribution in [0, 0.1) is 5.41 Å². The van der Waals surface area contributed by atoms with Crippen LogP contribution in [-0.2, 0) is 20.6 Å². The maximum absolute atomic E-state index is 12.7. The Hall–Kier alpha value is -2.94. The number of nitrogens with zero attached hydrogens (tertiary/aromatic N) is 1. The summed E-state index contributed by atoms with van der Waals surface area (Å²) in [5.41, 5.74) is 0.783. The molecule has 0 bridgehead atoms. The molecule has 0 fully saturated rings. The van der Waals surface area contributed by atoms with Crippen molar-refractivity contribution in [2.45, 2.75) is 19.6 Å². The Balaban J connectivity index is 1.83. The Morgan fingerprint density at radius 1 is 1.10 bits per heavy atom. The molecule has 8 nitrogen and oxygen atoms in total. The smallest absolute Gasteiger partial charge is 0.236 e. The Morgan fingerprint density at radius 3 is 2.33 bits per heavy atom. The van der Waals surface area contributed by atoms with Gasteiger partial charge in [0.05, 0.1) is 36.8 Å². The lowest BCUT2D eigenvalue weighted by molar-refractivity contribution is -0.127. The molecule has 0 saturated carbocycles. The molecule has 0 saturated heterocycles. The number of nitrogens with one attached hydrogen (secondary N) is 1. The van der Waals surface area contributed by atoms with Gasteiger partial charge in [0.1, 0.15) is 23.9 Å². The van der Waals surface area contributed by atoms with Crippen molar-refractivity contribution in [3.05, 3.63) is 42.0 Å². The molecule has 3 rings (SSSR count). The van der Waals surface area contributed by atoms with E-state index in [1.807, 2.05) is 13.8 Å². The molecule has 1 N–H and O–H groups in total. The van der Waals surface area contributed by atoms with Crippen LogP contribution in [0.3, 0.4) is 0 Å². The van der Waals surface area contributed by atoms with Gasteiger partial charge in [-0.15, -0.1) is 0 Å². The van der Waals surface area contributed by atoms with Crippen LogP contribution in [0.2, 0.25) is 0 Å². The van der Waals surface area contributed by atoms with Crippen molar-refractivity contribution < 1.29 is 27.4 Å². The number of hydrogen-bond donors (Lipinski definition) is 1. The van der Waals surface area contributed by atoms with Crippen LogP contribution < -0.4 is 23.8 Å². The Labute approximate surface area is 176 Å². The van der Waals surface area contributed by atoms with Gasteiger partial charge in [-0.1, -0.05) is 0 Å². The van der Waals surface area contributed by atoms with Crippen molar-refractivity contribution in [3.8, 4) is 17.2 Å². The lowest BCUT2D eigenvalue weighted by Gasteiger charge is -2.24. The number of benzene rings is 2. The quantitative estimate of drug-likeness (QED) is 0.751. The summed E-state index contributed by atoms with van der Waals surface area (Å²) in [7, 11) is 0.969. The molecule has 1 heterocycles. The minimum atomic E-state index is -3.72. The Morgan fingerprint density at radius 2 is 1.73 bits per heavy atom. The largest absolute Gasteiger partial charge is 0.497 e. The zero-order valence-corrected chi connectivity index (χ0v) is 18.5. The summed E-state index contributed by atoms with van der Waals surface area (Å²) in [5.74, 6) is 1.13. The fraction of sp³-hybridized carbons (Fsp3) is 0.381. The second-order valence-electron chi connectivity index (χ2n) is 7.80. The lowest BCUT2D eigenvalue weighted by Crippen LogP contribution is -2.39. The van der Waals surface area contributed by atoms with Crippen molar-refractivity contribution in [2.24, 2.45) is 5.41 Å². The third-order valence-electron chi connectivity index (χ3n) is 4.83. The van der Waals surface area contributed by atoms with Gasteiger partial charge in [0.2, 0.25) is 15.9 Å². The number of hydrogen-bond acceptors (Lipinski definition) is 6. The average Bonchev–Trinajstić information content (AvgIpc) is 2.77. The minimum Gasteiger partial charge on any atom is -0.497 e. The zero-order valence-electron chi connectivity index (χ0n) is 17.7. The van der Waals surface area contributed by atoms with Crippen LogP contribution in [0.25, 0.3) is 0 Å². The molecule has 0 radical (unpaired) electrons. The van der Waals surface area contributed by atoms with Gasteiger partial charge in [0.15, 0.2) is 0 Å². The summed E-state index contributed by atoms with van der Waals surface area (Å²) in [4.78, 5) is 14.1. The van der Waals surface area contributed by atoms with Gasteiger partial charge in [-0.3, -0.25) is 9.52 Å². The molecule has 0 aliphatic carbocycles. The van der Waals surface area contributed by atoms with Gasteiger partial charge < -0.3 is 19.1 Å². The van der Waals surface area contributed by atoms with E-state index in [2.05, 4.69) is 4.72 Å². The first kappa shape index (κ1) is 21.8. The fourth-order valence-corrected chi connectivity index (χ4v) is 4.40. The highest BCUT2D eigenvalue weighted by Gasteiger charge is 2.36. The van der Waals surface area contributed by atoms with E-state index in [0.717, 1.165) is 0 Å². The highest BCUT2D eigenvalue weighted by atomic mass is 32.2. The molecule has 0 aromatic heterocycles. The highest BCUT2D eigenvalue weighted by Crippen LogP contribution is 2.37. The SMILES string of the molecule is COc1cc(CS(=O)(=O)Nc2ccc3c(c2)OCC(C)(C)C(=O)N3C)cc(OC)c1. The van der Waals surface area contributed by atoms with Crippen LogP contribution in [0.4, 0.5) is 11.4 Å². The number of anilines is 2. The van der Waals surface area contributed by atoms with E-state index in [-0.39, 0.29) is 18.3 Å². The molecular weight excluding hydrogens is 408 g/mol. The molecule has 0 spiro atoms. The van der Waals surface area contributed by atoms with Gasteiger partial charge in [0.25, 0.3) is 0 Å². The second-order valence-corrected chi connectivity index (χ2v) is 9.52. The third kappa shape index (κ3) is 4.62. The molecule has 162 valence electrons. The summed E-state index contributed by atoms with van der Waals surface area (Å²) >= 11 is 0. The normalized spacial score (nSPS) is 15.6. The highest BCUT2D eigenvalue weighted by molar-refractivity contribution is 7.91. The number of methoxy groups -OCH3 is 2. The number of amides is 1. The van der Waals surface area contributed by atoms with Gasteiger partial charge in [-0.25, -0.2) is 8.42 Å². The van der Waals surface area contributed by atoms with Crippen LogP contribution in [-0.4, -0.2) is 42.2 Å². The number of fused-ring (bicyclic) bond motifs is 1. The summed E-state index contributed by atoms with van der Waals surface area (Å²) in [5, 5.41) is 0. The molecule has 30 heavy (non-hydrogen) atoms. The number of carbonyl (C=O) groups excluding carboxylic acids is 1. The van der Waals surface area contributed by atoms with Crippen molar-refractivity contribution in [2.75, 3.05) is 37.5 Å². The molecule has 1 aliphatic rings. The number of ether oxygens (including phenoxy) is 3. The molecule has 0 atom stereocenters. The molecule has 2 aromatic rings. The van der Waals surface area contributed by atoms with E-state index in [0.29, 0.717) is 34.2 Å². The van der Waals surface area contributed by atoms with Gasteiger partial charge in [-0.2, -0.15) is 0 Å². The van der Waals surface area contributed by atoms with Crippen molar-refractivity contribution >= 4 is 27.3 Å². The summed E-state index contributed by atoms with van der Waals surface area (Å²) < 4.78 is 44.2. The first-order valence-electron chi connectivity index (χ1n) is 9.32. The predicted octanol–water partition coefficient (Wildman–Crippen LogP) is 3.03. The Bertz CT molecular complexity index is 1040. The van der Waals surface area contributed by atoms with Crippen molar-refractivity contribution in [1.29, 1.82) is 0 Å².